The Labute approximate surface area is 175 Å². The minimum absolute atomic E-state index is 0.184. The van der Waals surface area contributed by atoms with Crippen LogP contribution in [0.15, 0.2) is 77.5 Å². The summed E-state index contributed by atoms with van der Waals surface area (Å²) in [6.45, 7) is 1.89. The highest BCUT2D eigenvalue weighted by Crippen LogP contribution is 2.22. The Morgan fingerprint density at radius 1 is 1.07 bits per heavy atom. The van der Waals surface area contributed by atoms with E-state index in [1.165, 1.54) is 0 Å². The number of benzene rings is 2. The maximum absolute atomic E-state index is 12.3. The van der Waals surface area contributed by atoms with Crippen molar-refractivity contribution in [3.63, 3.8) is 0 Å². The van der Waals surface area contributed by atoms with E-state index in [-0.39, 0.29) is 5.91 Å². The minimum atomic E-state index is -0.184. The zero-order valence-corrected chi connectivity index (χ0v) is 17.0. The van der Waals surface area contributed by atoms with E-state index in [9.17, 15) is 4.79 Å². The van der Waals surface area contributed by atoms with Crippen LogP contribution in [0.2, 0.25) is 0 Å². The Hall–Kier alpha value is -3.52. The van der Waals surface area contributed by atoms with E-state index >= 15 is 0 Å². The fraction of sp³-hybridized carbons (Fsp3) is 0.0476. The van der Waals surface area contributed by atoms with E-state index in [0.717, 1.165) is 10.3 Å². The lowest BCUT2D eigenvalue weighted by molar-refractivity contribution is 0.102. The van der Waals surface area contributed by atoms with Gasteiger partial charge in [-0.05, 0) is 55.5 Å². The fourth-order valence-corrected chi connectivity index (χ4v) is 3.08. The number of nitrogens with one attached hydrogen (secondary N) is 1. The molecule has 7 nitrogen and oxygen atoms in total. The molecule has 0 radical (unpaired) electrons. The third kappa shape index (κ3) is 4.49. The van der Waals surface area contributed by atoms with Crippen molar-refractivity contribution in [2.24, 2.45) is 0 Å². The molecule has 8 heteroatoms. The Morgan fingerprint density at radius 2 is 1.90 bits per heavy atom. The molecule has 0 saturated carbocycles. The van der Waals surface area contributed by atoms with Gasteiger partial charge in [0.1, 0.15) is 11.6 Å². The predicted molar refractivity (Wildman–Crippen MR) is 113 cm³/mol. The highest BCUT2D eigenvalue weighted by molar-refractivity contribution is 9.10. The summed E-state index contributed by atoms with van der Waals surface area (Å²) in [5, 5.41) is 11.1. The van der Waals surface area contributed by atoms with Crippen LogP contribution in [0, 0.1) is 6.92 Å². The molecule has 0 atom stereocenters. The van der Waals surface area contributed by atoms with Gasteiger partial charge in [0.2, 0.25) is 5.88 Å². The minimum Gasteiger partial charge on any atom is -0.438 e. The van der Waals surface area contributed by atoms with E-state index < -0.39 is 0 Å². The van der Waals surface area contributed by atoms with Crippen molar-refractivity contribution in [1.29, 1.82) is 0 Å². The molecule has 4 aromatic rings. The summed E-state index contributed by atoms with van der Waals surface area (Å²) in [6, 6.07) is 17.8. The average molecular weight is 450 g/mol. The highest BCUT2D eigenvalue weighted by atomic mass is 79.9. The molecule has 0 saturated heterocycles. The second kappa shape index (κ2) is 8.24. The number of rotatable bonds is 5. The van der Waals surface area contributed by atoms with E-state index in [0.29, 0.717) is 28.7 Å². The van der Waals surface area contributed by atoms with Gasteiger partial charge in [0.25, 0.3) is 5.91 Å². The van der Waals surface area contributed by atoms with Crippen molar-refractivity contribution >= 4 is 27.5 Å². The summed E-state index contributed by atoms with van der Waals surface area (Å²) in [6.07, 6.45) is 3.53. The molecule has 2 aromatic heterocycles. The number of amides is 1. The van der Waals surface area contributed by atoms with Crippen LogP contribution in [0.1, 0.15) is 16.2 Å². The number of nitrogens with zero attached hydrogens (tertiary/aromatic N) is 4. The quantitative estimate of drug-likeness (QED) is 0.474. The SMILES string of the molecule is Cc1nccn1-c1ccc(Oc2ccc(NC(=O)c3cccc(Br)c3)cc2)nn1. The normalized spacial score (nSPS) is 10.6. The van der Waals surface area contributed by atoms with E-state index in [4.69, 9.17) is 4.74 Å². The lowest BCUT2D eigenvalue weighted by Crippen LogP contribution is -2.11. The van der Waals surface area contributed by atoms with Gasteiger partial charge in [-0.15, -0.1) is 10.2 Å². The number of hydrogen-bond donors (Lipinski definition) is 1. The van der Waals surface area contributed by atoms with Crippen molar-refractivity contribution in [2.45, 2.75) is 6.92 Å². The van der Waals surface area contributed by atoms with Crippen LogP contribution in [-0.4, -0.2) is 25.7 Å². The Bertz CT molecular complexity index is 1140. The monoisotopic (exact) mass is 449 g/mol. The van der Waals surface area contributed by atoms with Gasteiger partial charge in [-0.2, -0.15) is 0 Å². The van der Waals surface area contributed by atoms with Crippen molar-refractivity contribution in [1.82, 2.24) is 19.7 Å². The Morgan fingerprint density at radius 3 is 2.55 bits per heavy atom. The lowest BCUT2D eigenvalue weighted by atomic mass is 10.2. The number of hydrogen-bond acceptors (Lipinski definition) is 5. The number of carbonyl (C=O) groups is 1. The third-order valence-corrected chi connectivity index (χ3v) is 4.61. The maximum Gasteiger partial charge on any atom is 0.255 e. The van der Waals surface area contributed by atoms with Crippen LogP contribution in [0.3, 0.4) is 0 Å². The second-order valence-electron chi connectivity index (χ2n) is 6.17. The molecule has 0 aliphatic rings. The van der Waals surface area contributed by atoms with E-state index in [1.54, 1.807) is 48.7 Å². The maximum atomic E-state index is 12.3. The largest absolute Gasteiger partial charge is 0.438 e. The first-order valence-electron chi connectivity index (χ1n) is 8.77. The second-order valence-corrected chi connectivity index (χ2v) is 7.08. The van der Waals surface area contributed by atoms with Gasteiger partial charge in [0, 0.05) is 34.2 Å². The van der Waals surface area contributed by atoms with Crippen LogP contribution in [-0.2, 0) is 0 Å². The molecule has 1 amide bonds. The predicted octanol–water partition coefficient (Wildman–Crippen LogP) is 4.78. The molecule has 144 valence electrons. The number of carbonyl (C=O) groups excluding carboxylic acids is 1. The smallest absolute Gasteiger partial charge is 0.255 e. The lowest BCUT2D eigenvalue weighted by Gasteiger charge is -2.08. The standard InChI is InChI=1S/C21H16BrN5O2/c1-14-23-11-12-27(14)19-9-10-20(26-25-19)29-18-7-5-17(6-8-18)24-21(28)15-3-2-4-16(22)13-15/h2-13H,1H3,(H,24,28). The van der Waals surface area contributed by atoms with Gasteiger partial charge >= 0.3 is 0 Å². The molecule has 2 heterocycles. The topological polar surface area (TPSA) is 81.9 Å². The molecule has 2 aromatic carbocycles. The Kier molecular flexibility index (Phi) is 5.35. The van der Waals surface area contributed by atoms with Crippen molar-refractivity contribution in [2.75, 3.05) is 5.32 Å². The van der Waals surface area contributed by atoms with Crippen LogP contribution in [0.4, 0.5) is 5.69 Å². The number of imidazole rings is 1. The first-order chi connectivity index (χ1) is 14.1. The molecule has 0 aliphatic carbocycles. The molecule has 1 N–H and O–H groups in total. The van der Waals surface area contributed by atoms with Crippen molar-refractivity contribution < 1.29 is 9.53 Å². The van der Waals surface area contributed by atoms with E-state index in [1.807, 2.05) is 35.9 Å². The van der Waals surface area contributed by atoms with Gasteiger partial charge in [0.15, 0.2) is 5.82 Å². The van der Waals surface area contributed by atoms with E-state index in [2.05, 4.69) is 36.4 Å². The first kappa shape index (κ1) is 18.8. The van der Waals surface area contributed by atoms with Crippen LogP contribution in [0.25, 0.3) is 5.82 Å². The molecule has 29 heavy (non-hydrogen) atoms. The zero-order valence-electron chi connectivity index (χ0n) is 15.4. The van der Waals surface area contributed by atoms with Gasteiger partial charge in [-0.3, -0.25) is 9.36 Å². The highest BCUT2D eigenvalue weighted by Gasteiger charge is 2.08. The third-order valence-electron chi connectivity index (χ3n) is 4.12. The van der Waals surface area contributed by atoms with Gasteiger partial charge in [-0.25, -0.2) is 4.98 Å². The summed E-state index contributed by atoms with van der Waals surface area (Å²) >= 11 is 3.36. The van der Waals surface area contributed by atoms with Gasteiger partial charge in [-0.1, -0.05) is 22.0 Å². The number of anilines is 1. The molecule has 0 aliphatic heterocycles. The number of ether oxygens (including phenoxy) is 1. The summed E-state index contributed by atoms with van der Waals surface area (Å²) in [7, 11) is 0. The number of aryl methyl sites for hydroxylation is 1. The molecular formula is C21H16BrN5O2. The fourth-order valence-electron chi connectivity index (χ4n) is 2.68. The summed E-state index contributed by atoms with van der Waals surface area (Å²) in [5.41, 5.74) is 1.24. The number of halogens is 1. The molecule has 0 bridgehead atoms. The van der Waals surface area contributed by atoms with Crippen LogP contribution in [0.5, 0.6) is 11.6 Å². The van der Waals surface area contributed by atoms with Crippen LogP contribution >= 0.6 is 15.9 Å². The molecule has 4 rings (SSSR count). The molecule has 0 fully saturated rings. The number of aromatic nitrogens is 4. The van der Waals surface area contributed by atoms with Crippen molar-refractivity contribution in [3.8, 4) is 17.4 Å². The average Bonchev–Trinajstić information content (AvgIpc) is 3.16. The first-order valence-corrected chi connectivity index (χ1v) is 9.57. The summed E-state index contributed by atoms with van der Waals surface area (Å²) < 4.78 is 8.41. The van der Waals surface area contributed by atoms with Crippen LogP contribution < -0.4 is 10.1 Å². The Balaban J connectivity index is 1.40. The summed E-state index contributed by atoms with van der Waals surface area (Å²) in [4.78, 5) is 16.5. The molecule has 0 unspecified atom stereocenters. The summed E-state index contributed by atoms with van der Waals surface area (Å²) in [5.74, 6) is 2.27. The van der Waals surface area contributed by atoms with Gasteiger partial charge in [0.05, 0.1) is 0 Å². The molecular weight excluding hydrogens is 434 g/mol. The van der Waals surface area contributed by atoms with Crippen molar-refractivity contribution in [3.05, 3.63) is 88.9 Å². The zero-order chi connectivity index (χ0) is 20.2. The van der Waals surface area contributed by atoms with Gasteiger partial charge < -0.3 is 10.1 Å². The molecule has 0 spiro atoms.